The predicted octanol–water partition coefficient (Wildman–Crippen LogP) is 4.08. The number of aromatic hydroxyl groups is 1. The zero-order valence-electron chi connectivity index (χ0n) is 22.5. The Kier molecular flexibility index (Phi) is 6.31. The number of halogens is 2. The van der Waals surface area contributed by atoms with Crippen molar-refractivity contribution in [3.8, 4) is 28.4 Å². The van der Waals surface area contributed by atoms with Gasteiger partial charge in [0.05, 0.1) is 18.1 Å². The lowest BCUT2D eigenvalue weighted by atomic mass is 9.49. The summed E-state index contributed by atoms with van der Waals surface area (Å²) in [5, 5.41) is 29.9. The van der Waals surface area contributed by atoms with E-state index in [1.165, 1.54) is 17.7 Å². The number of rotatable bonds is 3. The first-order chi connectivity index (χ1) is 19.5. The Morgan fingerprint density at radius 2 is 1.90 bits per heavy atom. The molecule has 2 aliphatic carbocycles. The summed E-state index contributed by atoms with van der Waals surface area (Å²) in [4.78, 5) is 25.7. The van der Waals surface area contributed by atoms with Gasteiger partial charge >= 0.3 is 5.97 Å². The minimum atomic E-state index is -1.32. The van der Waals surface area contributed by atoms with Crippen LogP contribution in [0.1, 0.15) is 40.7 Å². The highest BCUT2D eigenvalue weighted by Gasteiger charge is 2.72. The fraction of sp³-hybridized carbons (Fsp3) is 0.355. The van der Waals surface area contributed by atoms with Crippen LogP contribution >= 0.6 is 0 Å². The molecule has 3 aromatic rings. The molecule has 10 heteroatoms. The van der Waals surface area contributed by atoms with E-state index < -0.39 is 40.5 Å². The molecule has 41 heavy (non-hydrogen) atoms. The molecule has 2 heterocycles. The van der Waals surface area contributed by atoms with E-state index in [4.69, 9.17) is 14.6 Å². The van der Waals surface area contributed by atoms with Crippen LogP contribution in [0.5, 0.6) is 17.2 Å². The summed E-state index contributed by atoms with van der Waals surface area (Å²) in [7, 11) is 3.70. The first kappa shape index (κ1) is 27.2. The number of nitrogens with zero attached hydrogens (tertiary/aromatic N) is 1. The monoisotopic (exact) mass is 565 g/mol. The number of ketones is 1. The maximum absolute atomic E-state index is 13.5. The molecular weight excluding hydrogens is 536 g/mol. The van der Waals surface area contributed by atoms with Crippen molar-refractivity contribution in [2.75, 3.05) is 20.7 Å². The van der Waals surface area contributed by atoms with Crippen LogP contribution in [-0.2, 0) is 16.6 Å². The number of benzene rings is 3. The first-order valence-corrected chi connectivity index (χ1v) is 13.4. The van der Waals surface area contributed by atoms with Crippen LogP contribution < -0.4 is 9.47 Å². The third-order valence-corrected chi connectivity index (χ3v) is 9.20. The predicted molar refractivity (Wildman–Crippen MR) is 143 cm³/mol. The molecule has 1 saturated carbocycles. The first-order valence-electron chi connectivity index (χ1n) is 13.4. The van der Waals surface area contributed by atoms with Crippen molar-refractivity contribution in [1.82, 2.24) is 4.90 Å². The molecule has 3 aromatic carbocycles. The Morgan fingerprint density at radius 3 is 2.61 bits per heavy atom. The van der Waals surface area contributed by atoms with Gasteiger partial charge in [0.2, 0.25) is 0 Å². The van der Waals surface area contributed by atoms with Gasteiger partial charge in [0, 0.05) is 29.7 Å². The number of carboxylic acids is 1. The van der Waals surface area contributed by atoms with E-state index in [2.05, 4.69) is 18.0 Å². The topological polar surface area (TPSA) is 117 Å². The Morgan fingerprint density at radius 1 is 1.12 bits per heavy atom. The fourth-order valence-corrected chi connectivity index (χ4v) is 7.28. The Balaban J connectivity index is 0.000000153. The second-order valence-electron chi connectivity index (χ2n) is 11.1. The molecular formula is C31H29F2NO7. The van der Waals surface area contributed by atoms with Gasteiger partial charge < -0.3 is 29.7 Å². The number of Topliss-reactive ketones (excluding diaryl/α,β-unsaturated/α-hetero) is 1. The number of ether oxygens (including phenoxy) is 2. The molecule has 4 atom stereocenters. The third-order valence-electron chi connectivity index (χ3n) is 9.20. The summed E-state index contributed by atoms with van der Waals surface area (Å²) in [6.45, 7) is 0.871. The number of carboxylic acid groups (broad SMARTS) is 1. The van der Waals surface area contributed by atoms with Crippen molar-refractivity contribution in [2.45, 2.75) is 48.8 Å². The third kappa shape index (κ3) is 3.84. The van der Waals surface area contributed by atoms with Gasteiger partial charge in [0.25, 0.3) is 0 Å². The number of hydrogen-bond donors (Lipinski definition) is 3. The molecule has 0 unspecified atom stereocenters. The van der Waals surface area contributed by atoms with E-state index in [1.54, 1.807) is 7.11 Å². The van der Waals surface area contributed by atoms with Gasteiger partial charge in [-0.3, -0.25) is 4.79 Å². The standard InChI is InChI=1S/C18H21NO4.C13H8F2O3/c1-19-8-7-17-14-10-3-4-12(22-2)15(14)23-16(17)11(20)5-6-18(17,21)13(19)9-10;14-8-2-3-9(11(15)6-8)7-1-4-12(16)10(5-7)13(17)18/h3-4,13,16,21H,5-9H2,1-2H3;1-6,16H,(H,17,18)/t13-,16+,17+,18-;/m1./s1. The lowest BCUT2D eigenvalue weighted by Gasteiger charge is -2.62. The van der Waals surface area contributed by atoms with Crippen LogP contribution in [0.3, 0.4) is 0 Å². The SMILES string of the molecule is COc1ccc2c3c1O[C@H]1C(=O)CC[C@@]4(O)[C@@H](C2)N(C)CC[C@]314.O=C(O)c1cc(-c2ccc(F)cc2F)ccc1O. The van der Waals surface area contributed by atoms with Crippen LogP contribution in [0.2, 0.25) is 0 Å². The number of phenols is 1. The molecule has 214 valence electrons. The van der Waals surface area contributed by atoms with E-state index in [-0.39, 0.29) is 28.5 Å². The Hall–Kier alpha value is -4.02. The number of carbonyl (C=O) groups excluding carboxylic acids is 1. The maximum Gasteiger partial charge on any atom is 0.339 e. The quantitative estimate of drug-likeness (QED) is 0.435. The molecule has 4 aliphatic rings. The van der Waals surface area contributed by atoms with E-state index in [1.807, 2.05) is 6.07 Å². The summed E-state index contributed by atoms with van der Waals surface area (Å²) in [5.74, 6) is -1.77. The number of likely N-dealkylation sites (tertiary alicyclic amines) is 1. The minimum absolute atomic E-state index is 0.0438. The molecule has 8 nitrogen and oxygen atoms in total. The zero-order valence-corrected chi connectivity index (χ0v) is 22.5. The van der Waals surface area contributed by atoms with Crippen molar-refractivity contribution >= 4 is 11.8 Å². The number of aliphatic hydroxyl groups is 1. The average molecular weight is 566 g/mol. The number of hydrogen-bond acceptors (Lipinski definition) is 7. The number of methoxy groups -OCH3 is 1. The van der Waals surface area contributed by atoms with Gasteiger partial charge in [0.15, 0.2) is 23.4 Å². The van der Waals surface area contributed by atoms with Crippen molar-refractivity contribution in [3.05, 3.63) is 76.9 Å². The fourth-order valence-electron chi connectivity index (χ4n) is 7.28. The molecule has 7 rings (SSSR count). The molecule has 0 aromatic heterocycles. The van der Waals surface area contributed by atoms with Crippen molar-refractivity contribution in [2.24, 2.45) is 0 Å². The lowest BCUT2D eigenvalue weighted by molar-refractivity contribution is -0.185. The van der Waals surface area contributed by atoms with Crippen molar-refractivity contribution in [1.29, 1.82) is 0 Å². The smallest absolute Gasteiger partial charge is 0.339 e. The second kappa shape index (κ2) is 9.53. The van der Waals surface area contributed by atoms with Gasteiger partial charge in [-0.05, 0) is 74.3 Å². The molecule has 0 radical (unpaired) electrons. The van der Waals surface area contributed by atoms with Crippen molar-refractivity contribution in [3.63, 3.8) is 0 Å². The van der Waals surface area contributed by atoms with Crippen molar-refractivity contribution < 1.29 is 43.2 Å². The summed E-state index contributed by atoms with van der Waals surface area (Å²) in [6.07, 6.45) is 1.89. The summed E-state index contributed by atoms with van der Waals surface area (Å²) < 4.78 is 37.9. The normalized spacial score (nSPS) is 27.3. The number of likely N-dealkylation sites (N-methyl/N-ethyl adjacent to an activating group) is 1. The maximum atomic E-state index is 13.5. The van der Waals surface area contributed by atoms with Gasteiger partial charge in [-0.1, -0.05) is 12.1 Å². The molecule has 3 N–H and O–H groups in total. The van der Waals surface area contributed by atoms with Gasteiger partial charge in [0.1, 0.15) is 22.9 Å². The van der Waals surface area contributed by atoms with E-state index in [0.717, 1.165) is 43.1 Å². The molecule has 2 fully saturated rings. The molecule has 0 amide bonds. The van der Waals surface area contributed by atoms with Crippen LogP contribution in [-0.4, -0.2) is 70.4 Å². The molecule has 1 spiro atoms. The number of piperidine rings is 1. The minimum Gasteiger partial charge on any atom is -0.507 e. The molecule has 2 bridgehead atoms. The van der Waals surface area contributed by atoms with Crippen LogP contribution in [0.4, 0.5) is 8.78 Å². The van der Waals surface area contributed by atoms with Gasteiger partial charge in [-0.2, -0.15) is 0 Å². The lowest BCUT2D eigenvalue weighted by Crippen LogP contribution is -2.76. The zero-order chi connectivity index (χ0) is 29.3. The highest BCUT2D eigenvalue weighted by molar-refractivity contribution is 5.92. The summed E-state index contributed by atoms with van der Waals surface area (Å²) in [6, 6.07) is 10.7. The Bertz CT molecular complexity index is 1590. The highest BCUT2D eigenvalue weighted by Crippen LogP contribution is 2.64. The van der Waals surface area contributed by atoms with Gasteiger partial charge in [-0.15, -0.1) is 0 Å². The summed E-state index contributed by atoms with van der Waals surface area (Å²) in [5.41, 5.74) is 0.721. The van der Waals surface area contributed by atoms with E-state index in [9.17, 15) is 28.6 Å². The second-order valence-corrected chi connectivity index (χ2v) is 11.1. The van der Waals surface area contributed by atoms with E-state index in [0.29, 0.717) is 30.4 Å². The molecule has 1 saturated heterocycles. The number of carbonyl (C=O) groups is 2. The van der Waals surface area contributed by atoms with Crippen LogP contribution in [0.15, 0.2) is 48.5 Å². The average Bonchev–Trinajstić information content (AvgIpc) is 3.30. The van der Waals surface area contributed by atoms with Crippen LogP contribution in [0.25, 0.3) is 11.1 Å². The molecule has 2 aliphatic heterocycles. The van der Waals surface area contributed by atoms with Gasteiger partial charge in [-0.25, -0.2) is 13.6 Å². The highest BCUT2D eigenvalue weighted by atomic mass is 19.1. The summed E-state index contributed by atoms with van der Waals surface area (Å²) >= 11 is 0. The number of aromatic carboxylic acids is 1. The Labute approximate surface area is 234 Å². The van der Waals surface area contributed by atoms with E-state index >= 15 is 0 Å². The largest absolute Gasteiger partial charge is 0.507 e. The van der Waals surface area contributed by atoms with Crippen LogP contribution in [0, 0.1) is 11.6 Å².